The first-order valence-corrected chi connectivity index (χ1v) is 17.1. The molecule has 0 radical (unpaired) electrons. The number of hydrogen-bond acceptors (Lipinski definition) is 9. The van der Waals surface area contributed by atoms with Gasteiger partial charge in [0.1, 0.15) is 31.2 Å². The van der Waals surface area contributed by atoms with Gasteiger partial charge in [-0.15, -0.1) is 0 Å². The predicted molar refractivity (Wildman–Crippen MR) is 185 cm³/mol. The molecule has 5 unspecified atom stereocenters. The Morgan fingerprint density at radius 1 is 0.796 bits per heavy atom. The molecule has 0 aromatic heterocycles. The molecule has 0 spiro atoms. The number of rotatable bonds is 19. The Bertz CT molecular complexity index is 1510. The molecule has 10 heteroatoms. The molecule has 5 atom stereocenters. The molecule has 3 aromatic carbocycles. The van der Waals surface area contributed by atoms with E-state index in [4.69, 9.17) is 40.0 Å². The summed E-state index contributed by atoms with van der Waals surface area (Å²) in [5.74, 6) is -1.61. The highest BCUT2D eigenvalue weighted by Gasteiger charge is 2.39. The van der Waals surface area contributed by atoms with E-state index < -0.39 is 48.1 Å². The highest BCUT2D eigenvalue weighted by Crippen LogP contribution is 2.37. The van der Waals surface area contributed by atoms with Gasteiger partial charge in [0, 0.05) is 37.6 Å². The van der Waals surface area contributed by atoms with E-state index in [1.54, 1.807) is 6.07 Å². The maximum atomic E-state index is 12.5. The number of esters is 3. The average molecular weight is 695 g/mol. The lowest BCUT2D eigenvalue weighted by atomic mass is 9.83. The van der Waals surface area contributed by atoms with Crippen molar-refractivity contribution in [3.8, 4) is 5.75 Å². The van der Waals surface area contributed by atoms with E-state index in [0.29, 0.717) is 30.8 Å². The molecule has 1 aliphatic rings. The Labute approximate surface area is 294 Å². The minimum absolute atomic E-state index is 0.143. The zero-order valence-electron chi connectivity index (χ0n) is 28.9. The van der Waals surface area contributed by atoms with Gasteiger partial charge >= 0.3 is 17.9 Å². The molecule has 0 aliphatic heterocycles. The molecule has 264 valence electrons. The third-order valence-electron chi connectivity index (χ3n) is 8.39. The summed E-state index contributed by atoms with van der Waals surface area (Å²) in [5, 5.41) is 0.581. The van der Waals surface area contributed by atoms with Gasteiger partial charge in [-0.3, -0.25) is 14.4 Å². The van der Waals surface area contributed by atoms with Crippen molar-refractivity contribution in [2.24, 2.45) is 11.8 Å². The summed E-state index contributed by atoms with van der Waals surface area (Å²) >= 11 is 6.70. The Morgan fingerprint density at radius 3 is 2.12 bits per heavy atom. The van der Waals surface area contributed by atoms with Gasteiger partial charge in [0.15, 0.2) is 0 Å². The summed E-state index contributed by atoms with van der Waals surface area (Å²) in [4.78, 5) is 36.3. The van der Waals surface area contributed by atoms with Crippen molar-refractivity contribution in [1.29, 1.82) is 0 Å². The van der Waals surface area contributed by atoms with Crippen LogP contribution in [0.4, 0.5) is 0 Å². The summed E-state index contributed by atoms with van der Waals surface area (Å²) < 4.78 is 34.9. The molecule has 1 aliphatic carbocycles. The van der Waals surface area contributed by atoms with Crippen LogP contribution in [-0.4, -0.2) is 56.0 Å². The van der Waals surface area contributed by atoms with Crippen molar-refractivity contribution in [2.45, 2.75) is 84.9 Å². The number of ether oxygens (including phenoxy) is 6. The third kappa shape index (κ3) is 12.5. The summed E-state index contributed by atoms with van der Waals surface area (Å²) in [7, 11) is 0. The number of carbonyl (C=O) groups is 3. The fraction of sp³-hybridized carbons (Fsp3) is 0.462. The molecule has 0 heterocycles. The zero-order valence-corrected chi connectivity index (χ0v) is 29.7. The maximum Gasteiger partial charge on any atom is 0.303 e. The minimum atomic E-state index is -0.805. The lowest BCUT2D eigenvalue weighted by Crippen LogP contribution is -2.43. The van der Waals surface area contributed by atoms with Crippen molar-refractivity contribution in [3.63, 3.8) is 0 Å². The first-order valence-electron chi connectivity index (χ1n) is 16.7. The molecule has 0 saturated heterocycles. The van der Waals surface area contributed by atoms with Crippen LogP contribution in [0.5, 0.6) is 5.75 Å². The SMILES string of the molecule is CC(=O)OCC(OC(C)=O)C(C)C(OCc1ccccc1)C(C)C(OC(C)=O)c1ccc(Cl)c(Cc2ccc(OCCOC3CC3)cc2)c1. The Balaban J connectivity index is 1.57. The van der Waals surface area contributed by atoms with E-state index >= 15 is 0 Å². The molecular weight excluding hydrogens is 648 g/mol. The van der Waals surface area contributed by atoms with E-state index in [2.05, 4.69) is 0 Å². The van der Waals surface area contributed by atoms with Crippen LogP contribution in [0.15, 0.2) is 72.8 Å². The predicted octanol–water partition coefficient (Wildman–Crippen LogP) is 7.45. The van der Waals surface area contributed by atoms with E-state index in [-0.39, 0.29) is 13.2 Å². The fourth-order valence-corrected chi connectivity index (χ4v) is 5.92. The van der Waals surface area contributed by atoms with Crippen LogP contribution in [0.3, 0.4) is 0 Å². The van der Waals surface area contributed by atoms with Crippen LogP contribution in [0.1, 0.15) is 75.8 Å². The minimum Gasteiger partial charge on any atom is -0.491 e. The van der Waals surface area contributed by atoms with Gasteiger partial charge in [-0.25, -0.2) is 0 Å². The lowest BCUT2D eigenvalue weighted by Gasteiger charge is -2.37. The number of benzene rings is 3. The average Bonchev–Trinajstić information content (AvgIpc) is 3.90. The van der Waals surface area contributed by atoms with Crippen molar-refractivity contribution in [3.05, 3.63) is 100 Å². The van der Waals surface area contributed by atoms with Gasteiger partial charge in [0.05, 0.1) is 25.4 Å². The van der Waals surface area contributed by atoms with Crippen molar-refractivity contribution < 1.29 is 42.8 Å². The maximum absolute atomic E-state index is 12.5. The van der Waals surface area contributed by atoms with Crippen molar-refractivity contribution >= 4 is 29.5 Å². The van der Waals surface area contributed by atoms with Gasteiger partial charge in [-0.05, 0) is 59.7 Å². The van der Waals surface area contributed by atoms with Crippen LogP contribution >= 0.6 is 11.6 Å². The molecule has 0 bridgehead atoms. The fourth-order valence-electron chi connectivity index (χ4n) is 5.74. The van der Waals surface area contributed by atoms with Gasteiger partial charge in [0.2, 0.25) is 0 Å². The van der Waals surface area contributed by atoms with E-state index in [1.807, 2.05) is 80.6 Å². The second kappa shape index (κ2) is 18.7. The van der Waals surface area contributed by atoms with Crippen LogP contribution in [-0.2, 0) is 51.1 Å². The molecule has 4 rings (SSSR count). The Kier molecular flexibility index (Phi) is 14.5. The summed E-state index contributed by atoms with van der Waals surface area (Å²) in [6, 6.07) is 23.1. The molecule has 1 fully saturated rings. The normalized spacial score (nSPS) is 15.7. The Morgan fingerprint density at radius 2 is 1.49 bits per heavy atom. The van der Waals surface area contributed by atoms with E-state index in [9.17, 15) is 14.4 Å². The van der Waals surface area contributed by atoms with Crippen LogP contribution in [0, 0.1) is 11.8 Å². The first-order chi connectivity index (χ1) is 23.5. The molecule has 0 N–H and O–H groups in total. The Hall–Kier alpha value is -3.92. The van der Waals surface area contributed by atoms with Crippen LogP contribution < -0.4 is 4.74 Å². The van der Waals surface area contributed by atoms with Crippen LogP contribution in [0.2, 0.25) is 5.02 Å². The monoisotopic (exact) mass is 694 g/mol. The second-order valence-corrected chi connectivity index (χ2v) is 13.0. The molecule has 9 nitrogen and oxygen atoms in total. The van der Waals surface area contributed by atoms with Gasteiger partial charge < -0.3 is 28.4 Å². The summed E-state index contributed by atoms with van der Waals surface area (Å²) in [5.41, 5.74) is 3.57. The molecule has 3 aromatic rings. The van der Waals surface area contributed by atoms with Gasteiger partial charge in [-0.2, -0.15) is 0 Å². The summed E-state index contributed by atoms with van der Waals surface area (Å²) in [6.07, 6.45) is 1.06. The zero-order chi connectivity index (χ0) is 35.3. The van der Waals surface area contributed by atoms with E-state index in [0.717, 1.165) is 40.8 Å². The highest BCUT2D eigenvalue weighted by atomic mass is 35.5. The van der Waals surface area contributed by atoms with Gasteiger partial charge in [-0.1, -0.05) is 80.0 Å². The van der Waals surface area contributed by atoms with Gasteiger partial charge in [0.25, 0.3) is 0 Å². The molecule has 1 saturated carbocycles. The van der Waals surface area contributed by atoms with Crippen LogP contribution in [0.25, 0.3) is 0 Å². The molecule has 49 heavy (non-hydrogen) atoms. The topological polar surface area (TPSA) is 107 Å². The molecular formula is C39H47ClO9. The first kappa shape index (κ1) is 37.9. The quantitative estimate of drug-likeness (QED) is 0.0719. The molecule has 0 amide bonds. The van der Waals surface area contributed by atoms with Crippen molar-refractivity contribution in [2.75, 3.05) is 19.8 Å². The number of halogens is 1. The third-order valence-corrected chi connectivity index (χ3v) is 8.76. The summed E-state index contributed by atoms with van der Waals surface area (Å²) in [6.45, 7) is 8.95. The lowest BCUT2D eigenvalue weighted by molar-refractivity contribution is -0.170. The highest BCUT2D eigenvalue weighted by molar-refractivity contribution is 6.31. The number of carbonyl (C=O) groups excluding carboxylic acids is 3. The smallest absolute Gasteiger partial charge is 0.303 e. The second-order valence-electron chi connectivity index (χ2n) is 12.6. The largest absolute Gasteiger partial charge is 0.491 e. The number of hydrogen-bond donors (Lipinski definition) is 0. The van der Waals surface area contributed by atoms with E-state index in [1.165, 1.54) is 20.8 Å². The van der Waals surface area contributed by atoms with Crippen molar-refractivity contribution in [1.82, 2.24) is 0 Å². The standard InChI is InChI=1S/C39H47ClO9/c1-25(37(48-28(4)42)24-46-27(3)41)38(47-23-31-9-7-6-8-10-31)26(2)39(49-29(5)43)32-13-18-36(40)33(22-32)21-30-11-14-34(15-12-30)44-19-20-45-35-16-17-35/h6-15,18,22,25-26,35,37-39H,16-17,19-21,23-24H2,1-5H3.